The maximum Gasteiger partial charge on any atom is 0.313 e. The van der Waals surface area contributed by atoms with Crippen LogP contribution >= 0.6 is 11.8 Å². The van der Waals surface area contributed by atoms with Crippen molar-refractivity contribution in [2.75, 3.05) is 24.6 Å². The van der Waals surface area contributed by atoms with E-state index in [0.717, 1.165) is 37.4 Å². The standard InChI is InChI=1S/C13H21NO4S/c15-11(8-19-9-12(16)17)14-6-5-13(18)4-2-1-3-10(13)7-14/h10,18H,1-9H2,(H,16,17). The average molecular weight is 287 g/mol. The number of rotatable bonds is 4. The molecule has 5 nitrogen and oxygen atoms in total. The molecule has 0 aromatic heterocycles. The fraction of sp³-hybridized carbons (Fsp3) is 0.846. The van der Waals surface area contributed by atoms with Crippen molar-refractivity contribution in [3.05, 3.63) is 0 Å². The van der Waals surface area contributed by atoms with E-state index in [2.05, 4.69) is 0 Å². The van der Waals surface area contributed by atoms with Crippen LogP contribution in [0.3, 0.4) is 0 Å². The van der Waals surface area contributed by atoms with Gasteiger partial charge in [-0.1, -0.05) is 12.8 Å². The SMILES string of the molecule is O=C(O)CSCC(=O)N1CCC2(O)CCCCC2C1. The molecule has 19 heavy (non-hydrogen) atoms. The number of carboxylic acid groups (broad SMARTS) is 1. The summed E-state index contributed by atoms with van der Waals surface area (Å²) in [6, 6.07) is 0. The van der Waals surface area contributed by atoms with Gasteiger partial charge in [-0.25, -0.2) is 0 Å². The topological polar surface area (TPSA) is 77.8 Å². The van der Waals surface area contributed by atoms with Gasteiger partial charge in [0, 0.05) is 19.0 Å². The Hall–Kier alpha value is -0.750. The molecule has 1 amide bonds. The molecule has 2 fully saturated rings. The lowest BCUT2D eigenvalue weighted by molar-refractivity contribution is -0.140. The van der Waals surface area contributed by atoms with Crippen LogP contribution < -0.4 is 0 Å². The fourth-order valence-corrected chi connectivity index (χ4v) is 3.75. The van der Waals surface area contributed by atoms with Crippen molar-refractivity contribution >= 4 is 23.6 Å². The predicted molar refractivity (Wildman–Crippen MR) is 73.1 cm³/mol. The summed E-state index contributed by atoms with van der Waals surface area (Å²) in [5, 5.41) is 19.1. The van der Waals surface area contributed by atoms with Crippen LogP contribution in [0, 0.1) is 5.92 Å². The zero-order valence-electron chi connectivity index (χ0n) is 11.0. The normalized spacial score (nSPS) is 30.8. The molecule has 1 aliphatic carbocycles. The number of likely N-dealkylation sites (tertiary alicyclic amines) is 1. The smallest absolute Gasteiger partial charge is 0.313 e. The lowest BCUT2D eigenvalue weighted by Crippen LogP contribution is -2.55. The van der Waals surface area contributed by atoms with E-state index >= 15 is 0 Å². The number of piperidine rings is 1. The third-order valence-corrected chi connectivity index (χ3v) is 5.13. The summed E-state index contributed by atoms with van der Waals surface area (Å²) < 4.78 is 0. The molecule has 1 saturated heterocycles. The first-order chi connectivity index (χ1) is 9.01. The number of carbonyl (C=O) groups excluding carboxylic acids is 1. The van der Waals surface area contributed by atoms with E-state index in [1.54, 1.807) is 4.90 Å². The van der Waals surface area contributed by atoms with Gasteiger partial charge in [-0.2, -0.15) is 0 Å². The number of thioether (sulfide) groups is 1. The molecule has 1 aliphatic heterocycles. The largest absolute Gasteiger partial charge is 0.481 e. The van der Waals surface area contributed by atoms with Crippen LogP contribution in [-0.4, -0.2) is 57.2 Å². The second-order valence-electron chi connectivity index (χ2n) is 5.52. The van der Waals surface area contributed by atoms with Crippen molar-refractivity contribution in [3.8, 4) is 0 Å². The van der Waals surface area contributed by atoms with Crippen LogP contribution in [0.2, 0.25) is 0 Å². The number of carboxylic acids is 1. The number of nitrogens with zero attached hydrogens (tertiary/aromatic N) is 1. The van der Waals surface area contributed by atoms with Gasteiger partial charge < -0.3 is 15.1 Å². The Bertz CT molecular complexity index is 363. The zero-order chi connectivity index (χ0) is 13.9. The minimum absolute atomic E-state index is 0.00104. The lowest BCUT2D eigenvalue weighted by Gasteiger charge is -2.47. The van der Waals surface area contributed by atoms with Gasteiger partial charge >= 0.3 is 5.97 Å². The second kappa shape index (κ2) is 6.13. The highest BCUT2D eigenvalue weighted by Gasteiger charge is 2.43. The van der Waals surface area contributed by atoms with Crippen molar-refractivity contribution in [1.82, 2.24) is 4.90 Å². The van der Waals surface area contributed by atoms with E-state index in [4.69, 9.17) is 5.11 Å². The van der Waals surface area contributed by atoms with Crippen LogP contribution in [0.5, 0.6) is 0 Å². The highest BCUT2D eigenvalue weighted by atomic mass is 32.2. The Morgan fingerprint density at radius 1 is 1.26 bits per heavy atom. The number of aliphatic hydroxyl groups is 1. The molecular formula is C13H21NO4S. The fourth-order valence-electron chi connectivity index (χ4n) is 3.11. The third-order valence-electron chi connectivity index (χ3n) is 4.23. The first-order valence-corrected chi connectivity index (χ1v) is 7.96. The van der Waals surface area contributed by atoms with E-state index in [0.29, 0.717) is 19.5 Å². The summed E-state index contributed by atoms with van der Waals surface area (Å²) in [4.78, 5) is 24.2. The number of carbonyl (C=O) groups is 2. The summed E-state index contributed by atoms with van der Waals surface area (Å²) in [5.74, 6) is -0.509. The summed E-state index contributed by atoms with van der Waals surface area (Å²) in [6.45, 7) is 1.22. The molecule has 2 aliphatic rings. The monoisotopic (exact) mass is 287 g/mol. The lowest BCUT2D eigenvalue weighted by atomic mass is 9.71. The predicted octanol–water partition coefficient (Wildman–Crippen LogP) is 0.958. The Morgan fingerprint density at radius 2 is 2.05 bits per heavy atom. The van der Waals surface area contributed by atoms with Crippen molar-refractivity contribution in [1.29, 1.82) is 0 Å². The molecule has 0 aromatic rings. The van der Waals surface area contributed by atoms with Crippen molar-refractivity contribution in [3.63, 3.8) is 0 Å². The minimum atomic E-state index is -0.891. The van der Waals surface area contributed by atoms with Gasteiger partial charge in [0.1, 0.15) is 0 Å². The summed E-state index contributed by atoms with van der Waals surface area (Å²) >= 11 is 1.14. The Labute approximate surface area is 117 Å². The van der Waals surface area contributed by atoms with Crippen LogP contribution in [-0.2, 0) is 9.59 Å². The molecule has 2 unspecified atom stereocenters. The first-order valence-electron chi connectivity index (χ1n) is 6.81. The molecule has 108 valence electrons. The molecule has 2 atom stereocenters. The number of fused-ring (bicyclic) bond motifs is 1. The highest BCUT2D eigenvalue weighted by Crippen LogP contribution is 2.39. The van der Waals surface area contributed by atoms with Crippen LogP contribution in [0.25, 0.3) is 0 Å². The number of amides is 1. The second-order valence-corrected chi connectivity index (χ2v) is 6.51. The first kappa shape index (κ1) is 14.7. The Kier molecular flexibility index (Phi) is 4.73. The molecule has 0 radical (unpaired) electrons. The quantitative estimate of drug-likeness (QED) is 0.805. The Balaban J connectivity index is 1.83. The molecule has 6 heteroatoms. The van der Waals surface area contributed by atoms with E-state index in [1.807, 2.05) is 0 Å². The number of hydrogen-bond donors (Lipinski definition) is 2. The summed E-state index contributed by atoms with van der Waals surface area (Å²) in [7, 11) is 0. The van der Waals surface area contributed by atoms with Gasteiger partial charge in [0.2, 0.25) is 5.91 Å². The minimum Gasteiger partial charge on any atom is -0.481 e. The molecule has 1 saturated carbocycles. The highest BCUT2D eigenvalue weighted by molar-refractivity contribution is 8.00. The van der Waals surface area contributed by atoms with E-state index in [-0.39, 0.29) is 23.3 Å². The Morgan fingerprint density at radius 3 is 2.79 bits per heavy atom. The van der Waals surface area contributed by atoms with Gasteiger partial charge in [-0.3, -0.25) is 9.59 Å². The third kappa shape index (κ3) is 3.63. The van der Waals surface area contributed by atoms with E-state index in [1.165, 1.54) is 0 Å². The molecule has 1 heterocycles. The van der Waals surface area contributed by atoms with Crippen molar-refractivity contribution < 1.29 is 19.8 Å². The van der Waals surface area contributed by atoms with Crippen LogP contribution in [0.15, 0.2) is 0 Å². The molecule has 0 bridgehead atoms. The number of hydrogen-bond acceptors (Lipinski definition) is 4. The summed E-state index contributed by atoms with van der Waals surface area (Å²) in [5.41, 5.74) is -0.566. The average Bonchev–Trinajstić information content (AvgIpc) is 2.37. The van der Waals surface area contributed by atoms with Crippen molar-refractivity contribution in [2.24, 2.45) is 5.92 Å². The maximum absolute atomic E-state index is 12.0. The molecule has 2 N–H and O–H groups in total. The van der Waals surface area contributed by atoms with E-state index in [9.17, 15) is 14.7 Å². The van der Waals surface area contributed by atoms with Gasteiger partial charge in [0.05, 0.1) is 17.1 Å². The van der Waals surface area contributed by atoms with E-state index < -0.39 is 11.6 Å². The molecule has 0 spiro atoms. The maximum atomic E-state index is 12.0. The molecular weight excluding hydrogens is 266 g/mol. The van der Waals surface area contributed by atoms with Gasteiger partial charge in [-0.15, -0.1) is 11.8 Å². The van der Waals surface area contributed by atoms with Gasteiger partial charge in [0.15, 0.2) is 0 Å². The van der Waals surface area contributed by atoms with Crippen molar-refractivity contribution in [2.45, 2.75) is 37.7 Å². The zero-order valence-corrected chi connectivity index (χ0v) is 11.8. The molecule has 0 aromatic carbocycles. The van der Waals surface area contributed by atoms with Gasteiger partial charge in [0.25, 0.3) is 0 Å². The summed E-state index contributed by atoms with van der Waals surface area (Å²) in [6.07, 6.45) is 4.71. The van der Waals surface area contributed by atoms with Crippen LogP contribution in [0.4, 0.5) is 0 Å². The molecule has 2 rings (SSSR count). The number of aliphatic carboxylic acids is 1. The van der Waals surface area contributed by atoms with Crippen LogP contribution in [0.1, 0.15) is 32.1 Å². The van der Waals surface area contributed by atoms with Gasteiger partial charge in [-0.05, 0) is 19.3 Å².